The van der Waals surface area contributed by atoms with E-state index in [0.29, 0.717) is 13.2 Å². The van der Waals surface area contributed by atoms with Crippen molar-refractivity contribution >= 4 is 6.09 Å². The van der Waals surface area contributed by atoms with E-state index in [1.807, 2.05) is 27.7 Å². The first-order valence-corrected chi connectivity index (χ1v) is 5.04. The van der Waals surface area contributed by atoms with Crippen LogP contribution in [0.1, 0.15) is 27.7 Å². The van der Waals surface area contributed by atoms with Crippen LogP contribution in [0.15, 0.2) is 12.7 Å². The molecule has 88 valence electrons. The molecule has 0 aromatic rings. The molecule has 0 aliphatic carbocycles. The average molecular weight is 215 g/mol. The SMILES string of the molecule is C=CCO[C@H](C)CNC(=O)OC(C)(C)C. The maximum absolute atomic E-state index is 11.2. The van der Waals surface area contributed by atoms with Gasteiger partial charge in [-0.1, -0.05) is 6.08 Å². The van der Waals surface area contributed by atoms with E-state index in [2.05, 4.69) is 11.9 Å². The second kappa shape index (κ2) is 6.45. The molecule has 4 nitrogen and oxygen atoms in total. The second-order valence-electron chi connectivity index (χ2n) is 4.32. The fraction of sp³-hybridized carbons (Fsp3) is 0.727. The summed E-state index contributed by atoms with van der Waals surface area (Å²) in [5.74, 6) is 0. The number of hydrogen-bond acceptors (Lipinski definition) is 3. The van der Waals surface area contributed by atoms with E-state index < -0.39 is 11.7 Å². The van der Waals surface area contributed by atoms with Gasteiger partial charge in [0.1, 0.15) is 5.60 Å². The van der Waals surface area contributed by atoms with Gasteiger partial charge in [-0.2, -0.15) is 0 Å². The molecule has 4 heteroatoms. The van der Waals surface area contributed by atoms with Crippen LogP contribution in [-0.2, 0) is 9.47 Å². The number of alkyl carbamates (subject to hydrolysis) is 1. The van der Waals surface area contributed by atoms with Gasteiger partial charge in [0.2, 0.25) is 0 Å². The summed E-state index contributed by atoms with van der Waals surface area (Å²) in [5.41, 5.74) is -0.463. The van der Waals surface area contributed by atoms with Crippen LogP contribution in [0, 0.1) is 0 Å². The van der Waals surface area contributed by atoms with Gasteiger partial charge in [-0.3, -0.25) is 0 Å². The highest BCUT2D eigenvalue weighted by molar-refractivity contribution is 5.67. The number of rotatable bonds is 5. The van der Waals surface area contributed by atoms with E-state index in [4.69, 9.17) is 9.47 Å². The van der Waals surface area contributed by atoms with E-state index in [1.165, 1.54) is 0 Å². The van der Waals surface area contributed by atoms with Crippen LogP contribution in [0.4, 0.5) is 4.79 Å². The van der Waals surface area contributed by atoms with Crippen molar-refractivity contribution in [3.05, 3.63) is 12.7 Å². The standard InChI is InChI=1S/C11H21NO3/c1-6-7-14-9(2)8-12-10(13)15-11(3,4)5/h6,9H,1,7-8H2,2-5H3,(H,12,13)/t9-/m1/s1. The van der Waals surface area contributed by atoms with Crippen molar-refractivity contribution < 1.29 is 14.3 Å². The smallest absolute Gasteiger partial charge is 0.407 e. The Morgan fingerprint density at radius 2 is 2.13 bits per heavy atom. The largest absolute Gasteiger partial charge is 0.444 e. The maximum atomic E-state index is 11.2. The Labute approximate surface area is 91.6 Å². The van der Waals surface area contributed by atoms with Gasteiger partial charge in [0, 0.05) is 6.54 Å². The quantitative estimate of drug-likeness (QED) is 0.714. The van der Waals surface area contributed by atoms with E-state index in [0.717, 1.165) is 0 Å². The number of carbonyl (C=O) groups excluding carboxylic acids is 1. The summed E-state index contributed by atoms with van der Waals surface area (Å²) in [6.07, 6.45) is 1.20. The molecule has 0 spiro atoms. The molecule has 0 unspecified atom stereocenters. The summed E-state index contributed by atoms with van der Waals surface area (Å²) in [6, 6.07) is 0. The highest BCUT2D eigenvalue weighted by Crippen LogP contribution is 2.06. The summed E-state index contributed by atoms with van der Waals surface area (Å²) < 4.78 is 10.4. The normalized spacial score (nSPS) is 13.1. The molecule has 0 aliphatic rings. The minimum atomic E-state index is -0.463. The van der Waals surface area contributed by atoms with Gasteiger partial charge < -0.3 is 14.8 Å². The predicted molar refractivity (Wildman–Crippen MR) is 59.8 cm³/mol. The van der Waals surface area contributed by atoms with E-state index in [1.54, 1.807) is 6.08 Å². The van der Waals surface area contributed by atoms with Gasteiger partial charge >= 0.3 is 6.09 Å². The molecule has 0 heterocycles. The Hall–Kier alpha value is -1.03. The fourth-order valence-electron chi connectivity index (χ4n) is 0.832. The van der Waals surface area contributed by atoms with Crippen molar-refractivity contribution in [3.8, 4) is 0 Å². The van der Waals surface area contributed by atoms with Crippen LogP contribution in [0.5, 0.6) is 0 Å². The Morgan fingerprint density at radius 3 is 2.60 bits per heavy atom. The first kappa shape index (κ1) is 14.0. The minimum absolute atomic E-state index is 0.0458. The highest BCUT2D eigenvalue weighted by Gasteiger charge is 2.16. The fourth-order valence-corrected chi connectivity index (χ4v) is 0.832. The number of ether oxygens (including phenoxy) is 2. The third kappa shape index (κ3) is 9.28. The summed E-state index contributed by atoms with van der Waals surface area (Å²) >= 11 is 0. The zero-order valence-electron chi connectivity index (χ0n) is 10.0. The topological polar surface area (TPSA) is 47.6 Å². The number of hydrogen-bond donors (Lipinski definition) is 1. The van der Waals surface area contributed by atoms with Crippen LogP contribution in [-0.4, -0.2) is 30.9 Å². The highest BCUT2D eigenvalue weighted by atomic mass is 16.6. The molecule has 0 aromatic carbocycles. The molecule has 0 aliphatic heterocycles. The molecule has 0 radical (unpaired) electrons. The van der Waals surface area contributed by atoms with Gasteiger partial charge in [0.05, 0.1) is 12.7 Å². The summed E-state index contributed by atoms with van der Waals surface area (Å²) in [7, 11) is 0. The van der Waals surface area contributed by atoms with Gasteiger partial charge in [-0.15, -0.1) is 6.58 Å². The van der Waals surface area contributed by atoms with Gasteiger partial charge in [0.15, 0.2) is 0 Å². The van der Waals surface area contributed by atoms with Crippen LogP contribution < -0.4 is 5.32 Å². The molecule has 0 saturated carbocycles. The van der Waals surface area contributed by atoms with Gasteiger partial charge in [-0.25, -0.2) is 4.79 Å². The number of amides is 1. The molecular weight excluding hydrogens is 194 g/mol. The number of carbonyl (C=O) groups is 1. The monoisotopic (exact) mass is 215 g/mol. The molecule has 15 heavy (non-hydrogen) atoms. The van der Waals surface area contributed by atoms with Gasteiger partial charge in [0.25, 0.3) is 0 Å². The molecular formula is C11H21NO3. The average Bonchev–Trinajstić information content (AvgIpc) is 2.08. The van der Waals surface area contributed by atoms with Crippen LogP contribution >= 0.6 is 0 Å². The second-order valence-corrected chi connectivity index (χ2v) is 4.32. The lowest BCUT2D eigenvalue weighted by Crippen LogP contribution is -2.36. The van der Waals surface area contributed by atoms with Gasteiger partial charge in [-0.05, 0) is 27.7 Å². The summed E-state index contributed by atoms with van der Waals surface area (Å²) in [6.45, 7) is 11.8. The lowest BCUT2D eigenvalue weighted by atomic mass is 10.2. The van der Waals surface area contributed by atoms with Crippen molar-refractivity contribution in [2.45, 2.75) is 39.4 Å². The van der Waals surface area contributed by atoms with Crippen molar-refractivity contribution in [2.75, 3.05) is 13.2 Å². The zero-order chi connectivity index (χ0) is 11.9. The molecule has 1 atom stereocenters. The van der Waals surface area contributed by atoms with Crippen molar-refractivity contribution in [1.82, 2.24) is 5.32 Å². The maximum Gasteiger partial charge on any atom is 0.407 e. The Morgan fingerprint density at radius 1 is 1.53 bits per heavy atom. The van der Waals surface area contributed by atoms with E-state index >= 15 is 0 Å². The minimum Gasteiger partial charge on any atom is -0.444 e. The molecule has 1 amide bonds. The lowest BCUT2D eigenvalue weighted by Gasteiger charge is -2.20. The zero-order valence-corrected chi connectivity index (χ0v) is 10.0. The third-order valence-corrected chi connectivity index (χ3v) is 1.43. The predicted octanol–water partition coefficient (Wildman–Crippen LogP) is 2.10. The summed E-state index contributed by atoms with van der Waals surface area (Å²) in [5, 5.41) is 2.63. The molecule has 0 fully saturated rings. The van der Waals surface area contributed by atoms with E-state index in [9.17, 15) is 4.79 Å². The Kier molecular flexibility index (Phi) is 6.01. The Balaban J connectivity index is 3.66. The molecule has 0 saturated heterocycles. The Bertz CT molecular complexity index is 208. The molecule has 0 aromatic heterocycles. The molecule has 1 N–H and O–H groups in total. The van der Waals surface area contributed by atoms with Crippen molar-refractivity contribution in [1.29, 1.82) is 0 Å². The van der Waals surface area contributed by atoms with Crippen LogP contribution in [0.25, 0.3) is 0 Å². The van der Waals surface area contributed by atoms with Crippen molar-refractivity contribution in [3.63, 3.8) is 0 Å². The molecule has 0 bridgehead atoms. The third-order valence-electron chi connectivity index (χ3n) is 1.43. The first-order chi connectivity index (χ1) is 6.85. The number of nitrogens with one attached hydrogen (secondary N) is 1. The van der Waals surface area contributed by atoms with Crippen LogP contribution in [0.2, 0.25) is 0 Å². The summed E-state index contributed by atoms with van der Waals surface area (Å²) in [4.78, 5) is 11.2. The first-order valence-electron chi connectivity index (χ1n) is 5.04. The molecule has 0 rings (SSSR count). The lowest BCUT2D eigenvalue weighted by molar-refractivity contribution is 0.0443. The van der Waals surface area contributed by atoms with Crippen molar-refractivity contribution in [2.24, 2.45) is 0 Å². The van der Waals surface area contributed by atoms with E-state index in [-0.39, 0.29) is 6.10 Å². The van der Waals surface area contributed by atoms with Crippen LogP contribution in [0.3, 0.4) is 0 Å².